The van der Waals surface area contributed by atoms with Crippen molar-refractivity contribution in [1.29, 1.82) is 0 Å². The lowest BCUT2D eigenvalue weighted by molar-refractivity contribution is 0.394. The van der Waals surface area contributed by atoms with E-state index >= 15 is 0 Å². The molecule has 4 aromatic rings. The average Bonchev–Trinajstić information content (AvgIpc) is 3.12. The van der Waals surface area contributed by atoms with Gasteiger partial charge in [0.15, 0.2) is 0 Å². The summed E-state index contributed by atoms with van der Waals surface area (Å²) in [5.41, 5.74) is 4.64. The van der Waals surface area contributed by atoms with E-state index in [1.54, 1.807) is 6.33 Å². The molecule has 5 rings (SSSR count). The van der Waals surface area contributed by atoms with Crippen LogP contribution in [0.2, 0.25) is 0 Å². The molecule has 0 radical (unpaired) electrons. The fraction of sp³-hybridized carbons (Fsp3) is 0.348. The number of benzene rings is 2. The van der Waals surface area contributed by atoms with Crippen molar-refractivity contribution in [3.05, 3.63) is 60.2 Å². The fourth-order valence-corrected chi connectivity index (χ4v) is 4.56. The van der Waals surface area contributed by atoms with Crippen molar-refractivity contribution < 1.29 is 0 Å². The summed E-state index contributed by atoms with van der Waals surface area (Å²) < 4.78 is 2.48. The van der Waals surface area contributed by atoms with Crippen LogP contribution in [0.3, 0.4) is 0 Å². The van der Waals surface area contributed by atoms with Crippen LogP contribution in [0.5, 0.6) is 0 Å². The highest BCUT2D eigenvalue weighted by molar-refractivity contribution is 5.91. The molecule has 1 saturated heterocycles. The van der Waals surface area contributed by atoms with Crippen LogP contribution in [-0.2, 0) is 6.42 Å². The number of imidazole rings is 1. The number of fused-ring (bicyclic) bond motifs is 2. The summed E-state index contributed by atoms with van der Waals surface area (Å²) in [5.74, 6) is 2.26. The van der Waals surface area contributed by atoms with Crippen LogP contribution in [0.25, 0.3) is 21.9 Å². The van der Waals surface area contributed by atoms with Gasteiger partial charge in [-0.2, -0.15) is 0 Å². The first kappa shape index (κ1) is 17.2. The molecule has 1 fully saturated rings. The number of anilines is 1. The summed E-state index contributed by atoms with van der Waals surface area (Å²) in [6, 6.07) is 15.4. The van der Waals surface area contributed by atoms with Gasteiger partial charge in [0, 0.05) is 30.9 Å². The molecule has 0 bridgehead atoms. The van der Waals surface area contributed by atoms with Gasteiger partial charge in [0.1, 0.15) is 18.0 Å². The van der Waals surface area contributed by atoms with Crippen molar-refractivity contribution in [2.45, 2.75) is 39.2 Å². The number of hydrogen-bond acceptors (Lipinski definition) is 4. The van der Waals surface area contributed by atoms with Gasteiger partial charge in [0.2, 0.25) is 0 Å². The van der Waals surface area contributed by atoms with Gasteiger partial charge in [-0.3, -0.25) is 0 Å². The molecule has 28 heavy (non-hydrogen) atoms. The third-order valence-electron chi connectivity index (χ3n) is 5.96. The topological polar surface area (TPSA) is 46.8 Å². The van der Waals surface area contributed by atoms with E-state index in [-0.39, 0.29) is 0 Å². The maximum absolute atomic E-state index is 4.86. The van der Waals surface area contributed by atoms with Gasteiger partial charge in [0.25, 0.3) is 0 Å². The van der Waals surface area contributed by atoms with Crippen LogP contribution in [0.15, 0.2) is 48.8 Å². The summed E-state index contributed by atoms with van der Waals surface area (Å²) in [7, 11) is 0. The monoisotopic (exact) mass is 371 g/mol. The number of hydrogen-bond donors (Lipinski definition) is 0. The molecule has 0 unspecified atom stereocenters. The van der Waals surface area contributed by atoms with E-state index in [1.165, 1.54) is 16.9 Å². The first-order valence-electron chi connectivity index (χ1n) is 10.2. The number of rotatable bonds is 3. The fourth-order valence-electron chi connectivity index (χ4n) is 4.56. The lowest BCUT2D eigenvalue weighted by Crippen LogP contribution is -2.35. The highest BCUT2D eigenvalue weighted by Crippen LogP contribution is 2.32. The van der Waals surface area contributed by atoms with E-state index in [2.05, 4.69) is 75.7 Å². The van der Waals surface area contributed by atoms with Crippen molar-refractivity contribution >= 4 is 27.8 Å². The Bertz CT molecular complexity index is 1140. The Hall–Kier alpha value is -2.95. The van der Waals surface area contributed by atoms with Crippen molar-refractivity contribution in [3.63, 3.8) is 0 Å². The Labute approximate surface area is 165 Å². The molecular formula is C23H25N5. The van der Waals surface area contributed by atoms with Gasteiger partial charge < -0.3 is 9.47 Å². The first-order valence-corrected chi connectivity index (χ1v) is 10.2. The normalized spacial score (nSPS) is 15.6. The molecular weight excluding hydrogens is 346 g/mol. The van der Waals surface area contributed by atoms with E-state index in [0.29, 0.717) is 6.04 Å². The van der Waals surface area contributed by atoms with E-state index < -0.39 is 0 Å². The van der Waals surface area contributed by atoms with Crippen LogP contribution in [-0.4, -0.2) is 32.6 Å². The van der Waals surface area contributed by atoms with Gasteiger partial charge in [-0.05, 0) is 43.5 Å². The van der Waals surface area contributed by atoms with E-state index in [9.17, 15) is 0 Å². The van der Waals surface area contributed by atoms with Gasteiger partial charge in [0.05, 0.1) is 16.6 Å². The van der Waals surface area contributed by atoms with Crippen molar-refractivity contribution in [1.82, 2.24) is 19.5 Å². The molecule has 142 valence electrons. The number of aryl methyl sites for hydroxylation is 2. The molecule has 2 aromatic carbocycles. The molecule has 0 amide bonds. The van der Waals surface area contributed by atoms with Gasteiger partial charge >= 0.3 is 0 Å². The first-order chi connectivity index (χ1) is 13.8. The largest absolute Gasteiger partial charge is 0.356 e. The molecule has 1 aliphatic rings. The Morgan fingerprint density at radius 2 is 1.82 bits per heavy atom. The maximum atomic E-state index is 4.86. The SMILES string of the molecule is CCc1nc2ccccc2n1C1CCN(c2ncnc3c(C)cccc23)CC1. The minimum atomic E-state index is 0.494. The third kappa shape index (κ3) is 2.73. The lowest BCUT2D eigenvalue weighted by atomic mass is 10.0. The van der Waals surface area contributed by atoms with Crippen molar-refractivity contribution in [2.24, 2.45) is 0 Å². The molecule has 0 spiro atoms. The summed E-state index contributed by atoms with van der Waals surface area (Å²) >= 11 is 0. The Kier molecular flexibility index (Phi) is 4.23. The number of aromatic nitrogens is 4. The Balaban J connectivity index is 1.45. The number of para-hydroxylation sites is 3. The van der Waals surface area contributed by atoms with Gasteiger partial charge in [-0.1, -0.05) is 31.2 Å². The second-order valence-corrected chi connectivity index (χ2v) is 7.63. The predicted octanol–water partition coefficient (Wildman–Crippen LogP) is 4.69. The molecule has 1 aliphatic heterocycles. The van der Waals surface area contributed by atoms with Crippen LogP contribution in [0, 0.1) is 6.92 Å². The predicted molar refractivity (Wildman–Crippen MR) is 114 cm³/mol. The van der Waals surface area contributed by atoms with Crippen LogP contribution >= 0.6 is 0 Å². The summed E-state index contributed by atoms with van der Waals surface area (Å²) in [6.07, 6.45) is 4.87. The van der Waals surface area contributed by atoms with Crippen LogP contribution in [0.1, 0.15) is 37.2 Å². The van der Waals surface area contributed by atoms with Gasteiger partial charge in [-0.25, -0.2) is 15.0 Å². The molecule has 0 aliphatic carbocycles. The second-order valence-electron chi connectivity index (χ2n) is 7.63. The second kappa shape index (κ2) is 6.89. The highest BCUT2D eigenvalue weighted by atomic mass is 15.2. The zero-order valence-electron chi connectivity index (χ0n) is 16.5. The number of nitrogens with zero attached hydrogens (tertiary/aromatic N) is 5. The standard InChI is InChI=1S/C23H25N5/c1-3-21-26-19-9-4-5-10-20(19)28(21)17-11-13-27(14-12-17)23-18-8-6-7-16(2)22(18)24-15-25-23/h4-10,15,17H,3,11-14H2,1-2H3. The molecule has 5 nitrogen and oxygen atoms in total. The summed E-state index contributed by atoms with van der Waals surface area (Å²) in [5, 5.41) is 1.16. The molecule has 0 atom stereocenters. The zero-order valence-corrected chi connectivity index (χ0v) is 16.5. The number of piperidine rings is 1. The molecule has 0 saturated carbocycles. The summed E-state index contributed by atoms with van der Waals surface area (Å²) in [4.78, 5) is 16.4. The van der Waals surface area contributed by atoms with E-state index in [1.807, 2.05) is 0 Å². The Morgan fingerprint density at radius 1 is 1.00 bits per heavy atom. The molecule has 2 aromatic heterocycles. The van der Waals surface area contributed by atoms with Crippen LogP contribution in [0.4, 0.5) is 5.82 Å². The smallest absolute Gasteiger partial charge is 0.139 e. The molecule has 5 heteroatoms. The molecule has 3 heterocycles. The minimum absolute atomic E-state index is 0.494. The maximum Gasteiger partial charge on any atom is 0.139 e. The van der Waals surface area contributed by atoms with Crippen molar-refractivity contribution in [3.8, 4) is 0 Å². The van der Waals surface area contributed by atoms with Crippen LogP contribution < -0.4 is 4.90 Å². The Morgan fingerprint density at radius 3 is 2.64 bits per heavy atom. The lowest BCUT2D eigenvalue weighted by Gasteiger charge is -2.34. The third-order valence-corrected chi connectivity index (χ3v) is 5.96. The quantitative estimate of drug-likeness (QED) is 0.524. The zero-order chi connectivity index (χ0) is 19.1. The van der Waals surface area contributed by atoms with E-state index in [4.69, 9.17) is 4.98 Å². The summed E-state index contributed by atoms with van der Waals surface area (Å²) in [6.45, 7) is 6.31. The van der Waals surface area contributed by atoms with E-state index in [0.717, 1.165) is 54.6 Å². The minimum Gasteiger partial charge on any atom is -0.356 e. The average molecular weight is 371 g/mol. The highest BCUT2D eigenvalue weighted by Gasteiger charge is 2.25. The van der Waals surface area contributed by atoms with Crippen molar-refractivity contribution in [2.75, 3.05) is 18.0 Å². The van der Waals surface area contributed by atoms with Gasteiger partial charge in [-0.15, -0.1) is 0 Å². The molecule has 0 N–H and O–H groups in total.